The fourth-order valence-corrected chi connectivity index (χ4v) is 2.76. The first-order chi connectivity index (χ1) is 9.82. The van der Waals surface area contributed by atoms with Gasteiger partial charge in [-0.25, -0.2) is 0 Å². The summed E-state index contributed by atoms with van der Waals surface area (Å²) in [5, 5.41) is 0. The van der Waals surface area contributed by atoms with Crippen molar-refractivity contribution in [2.45, 2.75) is 33.1 Å². The van der Waals surface area contributed by atoms with Crippen molar-refractivity contribution in [1.29, 1.82) is 0 Å². The number of hydrogen-bond acceptors (Lipinski definition) is 4. The van der Waals surface area contributed by atoms with Gasteiger partial charge in [-0.2, -0.15) is 0 Å². The van der Waals surface area contributed by atoms with Crippen LogP contribution in [0.1, 0.15) is 43.5 Å². The molecule has 1 aliphatic carbocycles. The summed E-state index contributed by atoms with van der Waals surface area (Å²) in [4.78, 5) is 36.5. The monoisotopic (exact) mass is 288 g/mol. The molecule has 1 aromatic rings. The first-order valence-corrected chi connectivity index (χ1v) is 7.05. The Morgan fingerprint density at radius 1 is 1.24 bits per heavy atom. The van der Waals surface area contributed by atoms with Crippen LogP contribution in [0, 0.1) is 11.3 Å². The van der Waals surface area contributed by atoms with Gasteiger partial charge < -0.3 is 4.74 Å². The molecule has 0 N–H and O–H groups in total. The van der Waals surface area contributed by atoms with Gasteiger partial charge in [-0.3, -0.25) is 14.4 Å². The maximum absolute atomic E-state index is 12.3. The molecule has 0 atom stereocenters. The van der Waals surface area contributed by atoms with Crippen LogP contribution in [0.25, 0.3) is 0 Å². The molecule has 0 aromatic heterocycles. The highest BCUT2D eigenvalue weighted by atomic mass is 16.5. The van der Waals surface area contributed by atoms with Crippen molar-refractivity contribution < 1.29 is 19.1 Å². The Bertz CT molecular complexity index is 566. The smallest absolute Gasteiger partial charge is 0.164 e. The lowest BCUT2D eigenvalue weighted by Crippen LogP contribution is -2.38. The number of ketones is 3. The van der Waals surface area contributed by atoms with Crippen LogP contribution in [0.5, 0.6) is 5.75 Å². The molecule has 1 aliphatic rings. The van der Waals surface area contributed by atoms with Crippen molar-refractivity contribution in [2.24, 2.45) is 11.3 Å². The summed E-state index contributed by atoms with van der Waals surface area (Å²) in [6, 6.07) is 6.77. The molecule has 1 saturated carbocycles. The molecule has 1 aromatic carbocycles. The van der Waals surface area contributed by atoms with E-state index in [1.54, 1.807) is 24.3 Å². The number of methoxy groups -OCH3 is 1. The number of Topliss-reactive ketones (excluding diaryl/α,β-unsaturated/α-hetero) is 3. The molecular formula is C17H20O4. The molecule has 0 unspecified atom stereocenters. The molecule has 0 spiro atoms. The molecule has 1 fully saturated rings. The van der Waals surface area contributed by atoms with Crippen molar-refractivity contribution in [3.05, 3.63) is 29.8 Å². The zero-order chi connectivity index (χ0) is 15.6. The average Bonchev–Trinajstić information content (AvgIpc) is 2.41. The minimum atomic E-state index is -0.781. The molecule has 0 radical (unpaired) electrons. The highest BCUT2D eigenvalue weighted by Crippen LogP contribution is 2.35. The molecule has 21 heavy (non-hydrogen) atoms. The molecular weight excluding hydrogens is 268 g/mol. The Labute approximate surface area is 124 Å². The summed E-state index contributed by atoms with van der Waals surface area (Å²) < 4.78 is 5.08. The van der Waals surface area contributed by atoms with Crippen LogP contribution in [0.2, 0.25) is 0 Å². The maximum atomic E-state index is 12.3. The minimum absolute atomic E-state index is 0.0408. The average molecular weight is 288 g/mol. The highest BCUT2D eigenvalue weighted by molar-refractivity contribution is 6.10. The van der Waals surface area contributed by atoms with Crippen LogP contribution in [-0.2, 0) is 9.59 Å². The van der Waals surface area contributed by atoms with Gasteiger partial charge in [-0.15, -0.1) is 0 Å². The van der Waals surface area contributed by atoms with E-state index in [2.05, 4.69) is 0 Å². The maximum Gasteiger partial charge on any atom is 0.164 e. The summed E-state index contributed by atoms with van der Waals surface area (Å²) in [5.41, 5.74) is 0.184. The molecule has 0 saturated heterocycles. The molecule has 0 bridgehead atoms. The fourth-order valence-electron chi connectivity index (χ4n) is 2.76. The summed E-state index contributed by atoms with van der Waals surface area (Å²) in [6.45, 7) is 3.81. The Balaban J connectivity index is 2.12. The van der Waals surface area contributed by atoms with Crippen molar-refractivity contribution >= 4 is 17.3 Å². The van der Waals surface area contributed by atoms with Gasteiger partial charge in [0.1, 0.15) is 17.3 Å². The first kappa shape index (κ1) is 15.4. The third-order valence-electron chi connectivity index (χ3n) is 3.86. The molecule has 0 aliphatic heterocycles. The zero-order valence-corrected chi connectivity index (χ0v) is 12.6. The van der Waals surface area contributed by atoms with Gasteiger partial charge in [0.15, 0.2) is 5.78 Å². The summed E-state index contributed by atoms with van der Waals surface area (Å²) in [5.74, 6) is -0.625. The van der Waals surface area contributed by atoms with E-state index in [1.165, 1.54) is 7.11 Å². The molecule has 4 heteroatoms. The van der Waals surface area contributed by atoms with Gasteiger partial charge in [-0.1, -0.05) is 26.0 Å². The van der Waals surface area contributed by atoms with Crippen LogP contribution in [0.4, 0.5) is 0 Å². The Hall–Kier alpha value is -1.97. The van der Waals surface area contributed by atoms with Gasteiger partial charge in [0.05, 0.1) is 13.0 Å². The third kappa shape index (κ3) is 3.57. The van der Waals surface area contributed by atoms with Gasteiger partial charge in [0.2, 0.25) is 0 Å². The van der Waals surface area contributed by atoms with E-state index in [4.69, 9.17) is 4.74 Å². The van der Waals surface area contributed by atoms with Crippen LogP contribution >= 0.6 is 0 Å². The zero-order valence-electron chi connectivity index (χ0n) is 12.6. The van der Waals surface area contributed by atoms with Crippen LogP contribution in [-0.4, -0.2) is 24.5 Å². The van der Waals surface area contributed by atoms with E-state index in [-0.39, 0.29) is 29.2 Å². The lowest BCUT2D eigenvalue weighted by molar-refractivity contribution is -0.139. The van der Waals surface area contributed by atoms with Gasteiger partial charge in [0.25, 0.3) is 0 Å². The topological polar surface area (TPSA) is 60.4 Å². The second-order valence-electron chi connectivity index (χ2n) is 6.36. The standard InChI is InChI=1S/C17H20O4/c1-17(2)9-15(19)13(16(20)10-17)8-14(18)11-5-4-6-12(7-11)21-3/h4-7,13H,8-10H2,1-3H3. The SMILES string of the molecule is COc1cccc(C(=O)CC2C(=O)CC(C)(C)CC2=O)c1. The van der Waals surface area contributed by atoms with Gasteiger partial charge >= 0.3 is 0 Å². The van der Waals surface area contributed by atoms with Crippen LogP contribution < -0.4 is 4.74 Å². The Morgan fingerprint density at radius 2 is 1.86 bits per heavy atom. The first-order valence-electron chi connectivity index (χ1n) is 7.05. The Kier molecular flexibility index (Phi) is 4.26. The highest BCUT2D eigenvalue weighted by Gasteiger charge is 2.40. The van der Waals surface area contributed by atoms with Crippen LogP contribution in [0.3, 0.4) is 0 Å². The second kappa shape index (κ2) is 5.80. The summed E-state index contributed by atoms with van der Waals surface area (Å²) in [6.07, 6.45) is 0.671. The number of rotatable bonds is 4. The molecule has 0 heterocycles. The predicted molar refractivity (Wildman–Crippen MR) is 78.5 cm³/mol. The quantitative estimate of drug-likeness (QED) is 0.631. The van der Waals surface area contributed by atoms with Gasteiger partial charge in [0, 0.05) is 24.8 Å². The van der Waals surface area contributed by atoms with Crippen molar-refractivity contribution in [1.82, 2.24) is 0 Å². The van der Waals surface area contributed by atoms with E-state index in [1.807, 2.05) is 13.8 Å². The number of hydrogen-bond donors (Lipinski definition) is 0. The fraction of sp³-hybridized carbons (Fsp3) is 0.471. The number of ether oxygens (including phenoxy) is 1. The van der Waals surface area contributed by atoms with Crippen LogP contribution in [0.15, 0.2) is 24.3 Å². The second-order valence-corrected chi connectivity index (χ2v) is 6.36. The van der Waals surface area contributed by atoms with E-state index in [9.17, 15) is 14.4 Å². The predicted octanol–water partition coefficient (Wildman–Crippen LogP) is 2.84. The summed E-state index contributed by atoms with van der Waals surface area (Å²) >= 11 is 0. The molecule has 0 amide bonds. The lowest BCUT2D eigenvalue weighted by Gasteiger charge is -2.31. The largest absolute Gasteiger partial charge is 0.497 e. The number of benzene rings is 1. The van der Waals surface area contributed by atoms with E-state index in [0.29, 0.717) is 24.2 Å². The summed E-state index contributed by atoms with van der Waals surface area (Å²) in [7, 11) is 1.53. The van der Waals surface area contributed by atoms with Gasteiger partial charge in [-0.05, 0) is 17.5 Å². The van der Waals surface area contributed by atoms with E-state index >= 15 is 0 Å². The molecule has 112 valence electrons. The number of carbonyl (C=O) groups excluding carboxylic acids is 3. The van der Waals surface area contributed by atoms with E-state index in [0.717, 1.165) is 0 Å². The van der Waals surface area contributed by atoms with E-state index < -0.39 is 5.92 Å². The normalized spacial score (nSPS) is 18.6. The molecule has 2 rings (SSSR count). The molecule has 4 nitrogen and oxygen atoms in total. The van der Waals surface area contributed by atoms with Crippen molar-refractivity contribution in [2.75, 3.05) is 7.11 Å². The van der Waals surface area contributed by atoms with Crippen molar-refractivity contribution in [3.63, 3.8) is 0 Å². The minimum Gasteiger partial charge on any atom is -0.497 e. The number of carbonyl (C=O) groups is 3. The third-order valence-corrected chi connectivity index (χ3v) is 3.86. The van der Waals surface area contributed by atoms with Crippen molar-refractivity contribution in [3.8, 4) is 5.75 Å². The Morgan fingerprint density at radius 3 is 2.43 bits per heavy atom. The lowest BCUT2D eigenvalue weighted by atomic mass is 9.70.